The Labute approximate surface area is 98.7 Å². The Hall–Kier alpha value is 0.220. The Morgan fingerprint density at radius 1 is 0.688 bits per heavy atom. The molecule has 0 bridgehead atoms. The Balaban J connectivity index is 4.47. The van der Waals surface area contributed by atoms with Crippen molar-refractivity contribution in [2.75, 3.05) is 0 Å². The van der Waals surface area contributed by atoms with Crippen LogP contribution < -0.4 is 0 Å². The topological polar surface area (TPSA) is 0 Å². The second-order valence-electron chi connectivity index (χ2n) is 4.12. The van der Waals surface area contributed by atoms with E-state index in [1.165, 1.54) is 0 Å². The largest absolute Gasteiger partial charge is 0.242 e. The molecular formula is C12H24F3P. The number of hydrogen-bond donors (Lipinski definition) is 0. The molecule has 0 fully saturated rings. The quantitative estimate of drug-likeness (QED) is 0.460. The first kappa shape index (κ1) is 16.2. The smallest absolute Gasteiger partial charge is 0.124 e. The van der Waals surface area contributed by atoms with Crippen molar-refractivity contribution in [2.24, 2.45) is 0 Å². The van der Waals surface area contributed by atoms with Gasteiger partial charge in [-0.05, 0) is 19.3 Å². The molecule has 0 aromatic carbocycles. The van der Waals surface area contributed by atoms with Crippen molar-refractivity contribution >= 4 is 7.92 Å². The second-order valence-corrected chi connectivity index (χ2v) is 6.69. The zero-order chi connectivity index (χ0) is 12.6. The van der Waals surface area contributed by atoms with Gasteiger partial charge >= 0.3 is 0 Å². The van der Waals surface area contributed by atoms with Gasteiger partial charge in [-0.25, -0.2) is 13.2 Å². The molecule has 0 amide bonds. The summed E-state index contributed by atoms with van der Waals surface area (Å²) in [4.78, 5) is 0. The van der Waals surface area contributed by atoms with Crippen LogP contribution in [-0.2, 0) is 0 Å². The molecule has 0 aromatic heterocycles. The van der Waals surface area contributed by atoms with Crippen LogP contribution in [0, 0.1) is 0 Å². The highest BCUT2D eigenvalue weighted by Gasteiger charge is 2.34. The maximum atomic E-state index is 13.8. The molecule has 3 unspecified atom stereocenters. The summed E-state index contributed by atoms with van der Waals surface area (Å²) in [6.07, 6.45) is 2.83. The normalized spacial score (nSPS) is 19.1. The minimum Gasteiger partial charge on any atom is -0.242 e. The van der Waals surface area contributed by atoms with Crippen LogP contribution in [0.4, 0.5) is 13.2 Å². The highest BCUT2D eigenvalue weighted by molar-refractivity contribution is 7.59. The summed E-state index contributed by atoms with van der Waals surface area (Å²) >= 11 is 0. The summed E-state index contributed by atoms with van der Waals surface area (Å²) < 4.78 is 41.3. The predicted molar refractivity (Wildman–Crippen MR) is 66.3 cm³/mol. The van der Waals surface area contributed by atoms with Gasteiger partial charge in [-0.2, -0.15) is 0 Å². The van der Waals surface area contributed by atoms with Crippen molar-refractivity contribution in [1.82, 2.24) is 0 Å². The average Bonchev–Trinajstić information content (AvgIpc) is 2.19. The summed E-state index contributed by atoms with van der Waals surface area (Å²) in [6, 6.07) is 0. The lowest BCUT2D eigenvalue weighted by molar-refractivity contribution is 0.341. The molecule has 0 rings (SSSR count). The van der Waals surface area contributed by atoms with Gasteiger partial charge in [-0.3, -0.25) is 0 Å². The number of alkyl halides is 3. The molecule has 98 valence electrons. The van der Waals surface area contributed by atoms with Crippen LogP contribution in [0.2, 0.25) is 0 Å². The molecule has 0 spiro atoms. The van der Waals surface area contributed by atoms with E-state index in [0.717, 1.165) is 0 Å². The zero-order valence-corrected chi connectivity index (χ0v) is 11.5. The first-order valence-corrected chi connectivity index (χ1v) is 7.82. The lowest BCUT2D eigenvalue weighted by Gasteiger charge is -2.27. The van der Waals surface area contributed by atoms with Gasteiger partial charge in [0.15, 0.2) is 0 Å². The van der Waals surface area contributed by atoms with Crippen LogP contribution in [0.15, 0.2) is 0 Å². The SMILES string of the molecule is CCCC(F)P(C(F)CCC)C(F)CCC. The van der Waals surface area contributed by atoms with Crippen molar-refractivity contribution in [3.8, 4) is 0 Å². The molecule has 3 atom stereocenters. The van der Waals surface area contributed by atoms with Gasteiger partial charge in [0, 0.05) is 7.92 Å². The number of rotatable bonds is 9. The standard InChI is InChI=1S/C12H24F3P/c1-4-7-10(13)16(11(14)8-5-2)12(15)9-6-3/h10-12H,4-9H2,1-3H3. The molecule has 0 saturated heterocycles. The Bertz CT molecular complexity index is 138. The maximum absolute atomic E-state index is 13.8. The van der Waals surface area contributed by atoms with Crippen LogP contribution in [0.5, 0.6) is 0 Å². The summed E-state index contributed by atoms with van der Waals surface area (Å²) in [7, 11) is -1.76. The van der Waals surface area contributed by atoms with Crippen molar-refractivity contribution in [3.05, 3.63) is 0 Å². The fourth-order valence-electron chi connectivity index (χ4n) is 1.69. The molecule has 4 heteroatoms. The summed E-state index contributed by atoms with van der Waals surface area (Å²) in [5.41, 5.74) is 0. The van der Waals surface area contributed by atoms with Crippen molar-refractivity contribution in [3.63, 3.8) is 0 Å². The van der Waals surface area contributed by atoms with Gasteiger partial charge in [0.05, 0.1) is 0 Å². The molecule has 0 heterocycles. The highest BCUT2D eigenvalue weighted by Crippen LogP contribution is 2.56. The van der Waals surface area contributed by atoms with E-state index < -0.39 is 25.7 Å². The molecule has 0 aliphatic carbocycles. The number of hydrogen-bond acceptors (Lipinski definition) is 0. The lowest BCUT2D eigenvalue weighted by Crippen LogP contribution is -2.15. The average molecular weight is 256 g/mol. The van der Waals surface area contributed by atoms with E-state index in [0.29, 0.717) is 38.5 Å². The van der Waals surface area contributed by atoms with E-state index in [1.54, 1.807) is 0 Å². The fraction of sp³-hybridized carbons (Fsp3) is 1.00. The van der Waals surface area contributed by atoms with Gasteiger partial charge in [0.25, 0.3) is 0 Å². The lowest BCUT2D eigenvalue weighted by atomic mass is 10.4. The zero-order valence-electron chi connectivity index (χ0n) is 10.6. The minimum atomic E-state index is -1.76. The molecule has 0 aromatic rings. The van der Waals surface area contributed by atoms with Gasteiger partial charge in [0.1, 0.15) is 17.7 Å². The van der Waals surface area contributed by atoms with Gasteiger partial charge in [0.2, 0.25) is 0 Å². The fourth-order valence-corrected chi connectivity index (χ4v) is 4.41. The molecule has 0 radical (unpaired) electrons. The Kier molecular flexibility index (Phi) is 9.40. The highest BCUT2D eigenvalue weighted by atomic mass is 31.1. The minimum absolute atomic E-state index is 0.292. The van der Waals surface area contributed by atoms with Gasteiger partial charge in [-0.1, -0.05) is 40.0 Å². The molecule has 0 N–H and O–H groups in total. The van der Waals surface area contributed by atoms with E-state index in [-0.39, 0.29) is 0 Å². The third-order valence-electron chi connectivity index (χ3n) is 2.55. The van der Waals surface area contributed by atoms with Crippen molar-refractivity contribution < 1.29 is 13.2 Å². The number of halogens is 3. The van der Waals surface area contributed by atoms with E-state index in [9.17, 15) is 13.2 Å². The van der Waals surface area contributed by atoms with E-state index in [4.69, 9.17) is 0 Å². The second kappa shape index (κ2) is 9.27. The van der Waals surface area contributed by atoms with Crippen molar-refractivity contribution in [1.29, 1.82) is 0 Å². The monoisotopic (exact) mass is 256 g/mol. The summed E-state index contributed by atoms with van der Waals surface area (Å²) in [6.45, 7) is 5.54. The molecule has 0 aliphatic rings. The molecule has 0 nitrogen and oxygen atoms in total. The van der Waals surface area contributed by atoms with Gasteiger partial charge in [-0.15, -0.1) is 0 Å². The van der Waals surface area contributed by atoms with E-state index in [2.05, 4.69) is 0 Å². The molecule has 16 heavy (non-hydrogen) atoms. The Morgan fingerprint density at radius 3 is 1.12 bits per heavy atom. The van der Waals surface area contributed by atoms with Crippen LogP contribution in [0.1, 0.15) is 59.3 Å². The molecule has 0 aliphatic heterocycles. The molecular weight excluding hydrogens is 232 g/mol. The van der Waals surface area contributed by atoms with Crippen LogP contribution in [0.25, 0.3) is 0 Å². The first-order chi connectivity index (χ1) is 7.58. The predicted octanol–water partition coefficient (Wildman–Crippen LogP) is 5.76. The van der Waals surface area contributed by atoms with E-state index in [1.807, 2.05) is 20.8 Å². The summed E-state index contributed by atoms with van der Waals surface area (Å²) in [5, 5.41) is 0. The summed E-state index contributed by atoms with van der Waals surface area (Å²) in [5.74, 6) is -3.82. The Morgan fingerprint density at radius 2 is 0.938 bits per heavy atom. The van der Waals surface area contributed by atoms with Crippen LogP contribution in [-0.4, -0.2) is 17.7 Å². The van der Waals surface area contributed by atoms with E-state index >= 15 is 0 Å². The van der Waals surface area contributed by atoms with Gasteiger partial charge < -0.3 is 0 Å². The maximum Gasteiger partial charge on any atom is 0.124 e. The van der Waals surface area contributed by atoms with Crippen molar-refractivity contribution in [2.45, 2.75) is 77.0 Å². The van der Waals surface area contributed by atoms with Crippen LogP contribution >= 0.6 is 7.92 Å². The first-order valence-electron chi connectivity index (χ1n) is 6.28. The third-order valence-corrected chi connectivity index (χ3v) is 5.27. The molecule has 0 saturated carbocycles. The van der Waals surface area contributed by atoms with Crippen LogP contribution in [0.3, 0.4) is 0 Å². The third kappa shape index (κ3) is 5.52.